The van der Waals surface area contributed by atoms with Crippen LogP contribution in [0.25, 0.3) is 0 Å². The molecule has 1 fully saturated rings. The summed E-state index contributed by atoms with van der Waals surface area (Å²) in [4.78, 5) is 13.8. The third kappa shape index (κ3) is 2.96. The first-order valence-electron chi connectivity index (χ1n) is 6.79. The molecule has 0 aromatic heterocycles. The maximum Gasteiger partial charge on any atom is 0.313 e. The van der Waals surface area contributed by atoms with Crippen molar-refractivity contribution in [2.24, 2.45) is 0 Å². The summed E-state index contributed by atoms with van der Waals surface area (Å²) in [6, 6.07) is 9.05. The Kier molecular flexibility index (Phi) is 4.22. The minimum Gasteiger partial charge on any atom is -0.481 e. The van der Waals surface area contributed by atoms with Gasteiger partial charge < -0.3 is 15.1 Å². The number of nitrogens with zero attached hydrogens (tertiary/aromatic N) is 1. The second-order valence-corrected chi connectivity index (χ2v) is 5.22. The minimum absolute atomic E-state index is 0.507. The van der Waals surface area contributed by atoms with Gasteiger partial charge in [0.2, 0.25) is 0 Å². The van der Waals surface area contributed by atoms with Gasteiger partial charge in [0.25, 0.3) is 0 Å². The van der Waals surface area contributed by atoms with Crippen molar-refractivity contribution in [1.29, 1.82) is 0 Å². The lowest BCUT2D eigenvalue weighted by Gasteiger charge is -2.41. The van der Waals surface area contributed by atoms with Gasteiger partial charge in [-0.15, -0.1) is 0 Å². The molecule has 1 unspecified atom stereocenters. The highest BCUT2D eigenvalue weighted by Crippen LogP contribution is 2.36. The van der Waals surface area contributed by atoms with Crippen LogP contribution in [0.5, 0.6) is 0 Å². The van der Waals surface area contributed by atoms with Crippen LogP contribution in [0, 0.1) is 0 Å². The molecule has 0 radical (unpaired) electrons. The monoisotopic (exact) mass is 263 g/mol. The first-order valence-corrected chi connectivity index (χ1v) is 6.79. The molecule has 1 aliphatic rings. The van der Waals surface area contributed by atoms with Crippen molar-refractivity contribution in [1.82, 2.24) is 4.90 Å². The van der Waals surface area contributed by atoms with Crippen molar-refractivity contribution in [3.05, 3.63) is 35.9 Å². The van der Waals surface area contributed by atoms with Crippen LogP contribution >= 0.6 is 0 Å². The van der Waals surface area contributed by atoms with Crippen LogP contribution in [0.4, 0.5) is 0 Å². The number of carboxylic acid groups (broad SMARTS) is 1. The molecule has 1 aromatic carbocycles. The number of benzene rings is 1. The van der Waals surface area contributed by atoms with E-state index in [0.717, 1.165) is 19.6 Å². The maximum absolute atomic E-state index is 11.6. The standard InChI is InChI=1S/C15H21NO3/c1-2-16-10-8-15(19,9-11-16)13(14(17)18)12-6-4-3-5-7-12/h3-7,13,19H,2,8-11H2,1H3,(H,17,18). The first kappa shape index (κ1) is 14.0. The normalized spacial score (nSPS) is 20.9. The number of hydrogen-bond donors (Lipinski definition) is 2. The van der Waals surface area contributed by atoms with E-state index in [4.69, 9.17) is 0 Å². The number of aliphatic hydroxyl groups is 1. The maximum atomic E-state index is 11.6. The summed E-state index contributed by atoms with van der Waals surface area (Å²) in [5.74, 6) is -1.79. The van der Waals surface area contributed by atoms with Crippen molar-refractivity contribution in [2.75, 3.05) is 19.6 Å². The second-order valence-electron chi connectivity index (χ2n) is 5.22. The van der Waals surface area contributed by atoms with E-state index in [0.29, 0.717) is 18.4 Å². The molecule has 0 saturated carbocycles. The lowest BCUT2D eigenvalue weighted by molar-refractivity contribution is -0.148. The third-order valence-electron chi connectivity index (χ3n) is 4.09. The Bertz CT molecular complexity index is 424. The Morgan fingerprint density at radius 3 is 2.37 bits per heavy atom. The van der Waals surface area contributed by atoms with Crippen LogP contribution in [0.2, 0.25) is 0 Å². The van der Waals surface area contributed by atoms with Gasteiger partial charge >= 0.3 is 5.97 Å². The van der Waals surface area contributed by atoms with E-state index in [2.05, 4.69) is 11.8 Å². The summed E-state index contributed by atoms with van der Waals surface area (Å²) >= 11 is 0. The fraction of sp³-hybridized carbons (Fsp3) is 0.533. The number of piperidine rings is 1. The molecular formula is C15H21NO3. The summed E-state index contributed by atoms with van der Waals surface area (Å²) < 4.78 is 0. The van der Waals surface area contributed by atoms with Gasteiger partial charge in [0, 0.05) is 13.1 Å². The number of carboxylic acids is 1. The molecular weight excluding hydrogens is 242 g/mol. The topological polar surface area (TPSA) is 60.8 Å². The van der Waals surface area contributed by atoms with E-state index in [1.54, 1.807) is 12.1 Å². The van der Waals surface area contributed by atoms with Crippen LogP contribution in [-0.2, 0) is 4.79 Å². The molecule has 0 bridgehead atoms. The summed E-state index contributed by atoms with van der Waals surface area (Å²) in [6.07, 6.45) is 1.01. The molecule has 1 saturated heterocycles. The molecule has 1 heterocycles. The summed E-state index contributed by atoms with van der Waals surface area (Å²) in [5, 5.41) is 20.3. The number of carbonyl (C=O) groups is 1. The molecule has 0 amide bonds. The van der Waals surface area contributed by atoms with Gasteiger partial charge in [0.1, 0.15) is 5.92 Å². The highest BCUT2D eigenvalue weighted by Gasteiger charge is 2.44. The van der Waals surface area contributed by atoms with Crippen LogP contribution in [0.1, 0.15) is 31.2 Å². The third-order valence-corrected chi connectivity index (χ3v) is 4.09. The Morgan fingerprint density at radius 2 is 1.89 bits per heavy atom. The van der Waals surface area contributed by atoms with Gasteiger partial charge in [-0.25, -0.2) is 0 Å². The van der Waals surface area contributed by atoms with Crippen LogP contribution < -0.4 is 0 Å². The van der Waals surface area contributed by atoms with Crippen molar-refractivity contribution >= 4 is 5.97 Å². The Hall–Kier alpha value is -1.39. The summed E-state index contributed by atoms with van der Waals surface area (Å²) in [6.45, 7) is 4.53. The average Bonchev–Trinajstić information content (AvgIpc) is 2.40. The molecule has 4 heteroatoms. The Labute approximate surface area is 113 Å². The van der Waals surface area contributed by atoms with Crippen LogP contribution in [-0.4, -0.2) is 46.3 Å². The molecule has 1 atom stereocenters. The van der Waals surface area contributed by atoms with Crippen molar-refractivity contribution < 1.29 is 15.0 Å². The van der Waals surface area contributed by atoms with Gasteiger partial charge in [0.15, 0.2) is 0 Å². The molecule has 1 aliphatic heterocycles. The largest absolute Gasteiger partial charge is 0.481 e. The van der Waals surface area contributed by atoms with E-state index in [9.17, 15) is 15.0 Å². The number of hydrogen-bond acceptors (Lipinski definition) is 3. The number of likely N-dealkylation sites (tertiary alicyclic amines) is 1. The number of aliphatic carboxylic acids is 1. The molecule has 2 rings (SSSR count). The lowest BCUT2D eigenvalue weighted by atomic mass is 9.76. The molecule has 104 valence electrons. The zero-order valence-corrected chi connectivity index (χ0v) is 11.2. The fourth-order valence-electron chi connectivity index (χ4n) is 2.87. The van der Waals surface area contributed by atoms with Crippen molar-refractivity contribution in [3.63, 3.8) is 0 Å². The zero-order chi connectivity index (χ0) is 13.9. The lowest BCUT2D eigenvalue weighted by Crippen LogP contribution is -2.49. The van der Waals surface area contributed by atoms with Crippen LogP contribution in [0.3, 0.4) is 0 Å². The van der Waals surface area contributed by atoms with Gasteiger partial charge in [-0.1, -0.05) is 37.3 Å². The van der Waals surface area contributed by atoms with E-state index in [1.807, 2.05) is 18.2 Å². The smallest absolute Gasteiger partial charge is 0.313 e. The van der Waals surface area contributed by atoms with Crippen molar-refractivity contribution in [2.45, 2.75) is 31.3 Å². The van der Waals surface area contributed by atoms with Crippen molar-refractivity contribution in [3.8, 4) is 0 Å². The van der Waals surface area contributed by atoms with E-state index in [1.165, 1.54) is 0 Å². The minimum atomic E-state index is -1.14. The quantitative estimate of drug-likeness (QED) is 0.868. The average molecular weight is 263 g/mol. The van der Waals surface area contributed by atoms with E-state index in [-0.39, 0.29) is 0 Å². The fourth-order valence-corrected chi connectivity index (χ4v) is 2.87. The van der Waals surface area contributed by atoms with Gasteiger partial charge in [-0.05, 0) is 24.9 Å². The highest BCUT2D eigenvalue weighted by atomic mass is 16.4. The Balaban J connectivity index is 2.23. The Morgan fingerprint density at radius 1 is 1.32 bits per heavy atom. The molecule has 1 aromatic rings. The van der Waals surface area contributed by atoms with Gasteiger partial charge in [0.05, 0.1) is 5.60 Å². The zero-order valence-electron chi connectivity index (χ0n) is 11.2. The van der Waals surface area contributed by atoms with E-state index < -0.39 is 17.5 Å². The SMILES string of the molecule is CCN1CCC(O)(C(C(=O)O)c2ccccc2)CC1. The molecule has 4 nitrogen and oxygen atoms in total. The molecule has 0 spiro atoms. The predicted octanol–water partition coefficient (Wildman–Crippen LogP) is 1.70. The van der Waals surface area contributed by atoms with Gasteiger partial charge in [-0.2, -0.15) is 0 Å². The predicted molar refractivity (Wildman–Crippen MR) is 73.1 cm³/mol. The second kappa shape index (κ2) is 5.72. The first-order chi connectivity index (χ1) is 9.07. The molecule has 2 N–H and O–H groups in total. The summed E-state index contributed by atoms with van der Waals surface area (Å²) in [5.41, 5.74) is -0.457. The molecule has 19 heavy (non-hydrogen) atoms. The summed E-state index contributed by atoms with van der Waals surface area (Å²) in [7, 11) is 0. The molecule has 0 aliphatic carbocycles. The highest BCUT2D eigenvalue weighted by molar-refractivity contribution is 5.77. The van der Waals surface area contributed by atoms with E-state index >= 15 is 0 Å². The number of rotatable bonds is 4. The van der Waals surface area contributed by atoms with Crippen LogP contribution in [0.15, 0.2) is 30.3 Å². The van der Waals surface area contributed by atoms with Gasteiger partial charge in [-0.3, -0.25) is 4.79 Å².